The molecule has 0 atom stereocenters. The van der Waals surface area contributed by atoms with Crippen LogP contribution in [0.15, 0.2) is 34.7 Å². The molecule has 156 valence electrons. The van der Waals surface area contributed by atoms with Gasteiger partial charge < -0.3 is 10.1 Å². The molecule has 1 N–H and O–H groups in total. The fourth-order valence-electron chi connectivity index (χ4n) is 3.14. The molecule has 1 saturated heterocycles. The van der Waals surface area contributed by atoms with Crippen LogP contribution in [0, 0.1) is 6.92 Å². The van der Waals surface area contributed by atoms with Gasteiger partial charge in [0.15, 0.2) is 0 Å². The topological polar surface area (TPSA) is 106 Å². The predicted molar refractivity (Wildman–Crippen MR) is 108 cm³/mol. The summed E-state index contributed by atoms with van der Waals surface area (Å²) in [4.78, 5) is 28.8. The molecule has 0 saturated carbocycles. The fraction of sp³-hybridized carbons (Fsp3) is 0.421. The third kappa shape index (κ3) is 4.82. The molecule has 2 heterocycles. The quantitative estimate of drug-likeness (QED) is 0.695. The largest absolute Gasteiger partial charge is 0.462 e. The summed E-state index contributed by atoms with van der Waals surface area (Å²) in [7, 11) is -3.66. The highest BCUT2D eigenvalue weighted by Crippen LogP contribution is 2.22. The van der Waals surface area contributed by atoms with Crippen molar-refractivity contribution in [3.05, 3.63) is 45.9 Å². The van der Waals surface area contributed by atoms with E-state index in [1.807, 2.05) is 0 Å². The van der Waals surface area contributed by atoms with Gasteiger partial charge in [-0.2, -0.15) is 4.31 Å². The number of nitrogens with one attached hydrogen (secondary N) is 1. The summed E-state index contributed by atoms with van der Waals surface area (Å²) >= 11 is 1.29. The molecule has 1 aliphatic rings. The first-order chi connectivity index (χ1) is 13.8. The van der Waals surface area contributed by atoms with Gasteiger partial charge in [-0.3, -0.25) is 4.79 Å². The van der Waals surface area contributed by atoms with Crippen LogP contribution in [0.2, 0.25) is 0 Å². The van der Waals surface area contributed by atoms with E-state index in [0.29, 0.717) is 42.1 Å². The summed E-state index contributed by atoms with van der Waals surface area (Å²) in [6.45, 7) is 4.38. The van der Waals surface area contributed by atoms with E-state index >= 15 is 0 Å². The number of amides is 1. The molecular weight excluding hydrogens is 414 g/mol. The van der Waals surface area contributed by atoms with Crippen LogP contribution >= 0.6 is 11.3 Å². The maximum Gasteiger partial charge on any atom is 0.338 e. The first-order valence-electron chi connectivity index (χ1n) is 9.31. The Morgan fingerprint density at radius 3 is 2.45 bits per heavy atom. The molecule has 0 radical (unpaired) electrons. The number of aromatic nitrogens is 1. The van der Waals surface area contributed by atoms with Gasteiger partial charge in [0.2, 0.25) is 10.0 Å². The van der Waals surface area contributed by atoms with Crippen LogP contribution in [-0.2, 0) is 14.8 Å². The number of carbonyl (C=O) groups is 2. The zero-order valence-electron chi connectivity index (χ0n) is 16.3. The number of aryl methyl sites for hydroxylation is 1. The van der Waals surface area contributed by atoms with Crippen LogP contribution in [0.3, 0.4) is 0 Å². The molecule has 29 heavy (non-hydrogen) atoms. The lowest BCUT2D eigenvalue weighted by atomic mass is 10.1. The Hall–Kier alpha value is -2.30. The summed E-state index contributed by atoms with van der Waals surface area (Å²) in [5, 5.41) is 2.96. The van der Waals surface area contributed by atoms with E-state index in [4.69, 9.17) is 4.74 Å². The second kappa shape index (κ2) is 9.02. The number of esters is 1. The van der Waals surface area contributed by atoms with E-state index in [1.165, 1.54) is 39.9 Å². The smallest absolute Gasteiger partial charge is 0.338 e. The van der Waals surface area contributed by atoms with Gasteiger partial charge in [0.1, 0.15) is 4.88 Å². The summed E-state index contributed by atoms with van der Waals surface area (Å²) in [5.74, 6) is -0.648. The molecule has 1 fully saturated rings. The summed E-state index contributed by atoms with van der Waals surface area (Å²) in [6, 6.07) is 5.66. The molecule has 0 spiro atoms. The molecule has 1 aromatic carbocycles. The minimum atomic E-state index is -3.66. The van der Waals surface area contributed by atoms with Crippen molar-refractivity contribution in [3.8, 4) is 0 Å². The molecule has 10 heteroatoms. The number of thiazole rings is 1. The average Bonchev–Trinajstić information content (AvgIpc) is 3.15. The van der Waals surface area contributed by atoms with Crippen molar-refractivity contribution in [1.29, 1.82) is 0 Å². The minimum absolute atomic E-state index is 0.0818. The lowest BCUT2D eigenvalue weighted by Gasteiger charge is -2.31. The summed E-state index contributed by atoms with van der Waals surface area (Å²) in [6.07, 6.45) is 1.06. The Morgan fingerprint density at radius 2 is 1.90 bits per heavy atom. The van der Waals surface area contributed by atoms with E-state index in [2.05, 4.69) is 10.3 Å². The lowest BCUT2D eigenvalue weighted by molar-refractivity contribution is 0.0526. The Morgan fingerprint density at radius 1 is 1.24 bits per heavy atom. The predicted octanol–water partition coefficient (Wildman–Crippen LogP) is 2.21. The number of sulfonamides is 1. The normalized spacial score (nSPS) is 15.8. The molecule has 8 nitrogen and oxygen atoms in total. The van der Waals surface area contributed by atoms with Crippen LogP contribution < -0.4 is 5.32 Å². The number of rotatable bonds is 6. The van der Waals surface area contributed by atoms with E-state index in [0.717, 1.165) is 0 Å². The van der Waals surface area contributed by atoms with Gasteiger partial charge in [-0.15, -0.1) is 11.3 Å². The van der Waals surface area contributed by atoms with E-state index < -0.39 is 16.0 Å². The van der Waals surface area contributed by atoms with Crippen molar-refractivity contribution in [3.63, 3.8) is 0 Å². The van der Waals surface area contributed by atoms with Crippen molar-refractivity contribution < 1.29 is 22.7 Å². The number of carbonyl (C=O) groups excluding carboxylic acids is 2. The minimum Gasteiger partial charge on any atom is -0.462 e. The Kier molecular flexibility index (Phi) is 6.66. The standard InChI is InChI=1S/C19H23N3O5S2/c1-3-27-19(24)14-4-6-16(7-5-14)29(25,26)22-10-8-15(9-11-22)21-18(23)17-13(2)20-12-28-17/h4-7,12,15H,3,8-11H2,1-2H3,(H,21,23). The maximum atomic E-state index is 12.9. The molecule has 1 aromatic heterocycles. The molecule has 0 aliphatic carbocycles. The highest BCUT2D eigenvalue weighted by Gasteiger charge is 2.30. The van der Waals surface area contributed by atoms with E-state index in [1.54, 1.807) is 19.4 Å². The molecule has 0 bridgehead atoms. The SMILES string of the molecule is CCOC(=O)c1ccc(S(=O)(=O)N2CCC(NC(=O)c3scnc3C)CC2)cc1. The number of piperidine rings is 1. The highest BCUT2D eigenvalue weighted by atomic mass is 32.2. The van der Waals surface area contributed by atoms with Gasteiger partial charge in [0.05, 0.1) is 28.3 Å². The maximum absolute atomic E-state index is 12.9. The van der Waals surface area contributed by atoms with Crippen molar-refractivity contribution >= 4 is 33.2 Å². The number of benzene rings is 1. The van der Waals surface area contributed by atoms with Crippen LogP contribution in [0.4, 0.5) is 0 Å². The fourth-order valence-corrected chi connectivity index (χ4v) is 5.31. The third-order valence-corrected chi connectivity index (χ3v) is 7.58. The number of nitrogens with zero attached hydrogens (tertiary/aromatic N) is 2. The van der Waals surface area contributed by atoms with Gasteiger partial charge in [-0.25, -0.2) is 18.2 Å². The Balaban J connectivity index is 1.60. The van der Waals surface area contributed by atoms with Gasteiger partial charge in [-0.05, 0) is 51.0 Å². The van der Waals surface area contributed by atoms with Gasteiger partial charge in [0, 0.05) is 19.1 Å². The van der Waals surface area contributed by atoms with Crippen molar-refractivity contribution in [2.45, 2.75) is 37.6 Å². The first-order valence-corrected chi connectivity index (χ1v) is 11.6. The second-order valence-electron chi connectivity index (χ2n) is 6.66. The molecule has 1 amide bonds. The van der Waals surface area contributed by atoms with Crippen LogP contribution in [-0.4, -0.2) is 55.3 Å². The summed E-state index contributed by atoms with van der Waals surface area (Å²) in [5.41, 5.74) is 2.64. The average molecular weight is 438 g/mol. The monoisotopic (exact) mass is 437 g/mol. The first kappa shape index (κ1) is 21.4. The lowest BCUT2D eigenvalue weighted by Crippen LogP contribution is -2.46. The zero-order valence-corrected chi connectivity index (χ0v) is 17.9. The molecular formula is C19H23N3O5S2. The second-order valence-corrected chi connectivity index (χ2v) is 9.46. The van der Waals surface area contributed by atoms with Gasteiger partial charge in [-0.1, -0.05) is 0 Å². The van der Waals surface area contributed by atoms with Crippen LogP contribution in [0.5, 0.6) is 0 Å². The molecule has 3 rings (SSSR count). The molecule has 1 aliphatic heterocycles. The summed E-state index contributed by atoms with van der Waals surface area (Å²) < 4.78 is 32.1. The molecule has 0 unspecified atom stereocenters. The van der Waals surface area contributed by atoms with E-state index in [-0.39, 0.29) is 23.5 Å². The van der Waals surface area contributed by atoms with Crippen LogP contribution in [0.1, 0.15) is 45.5 Å². The van der Waals surface area contributed by atoms with Gasteiger partial charge >= 0.3 is 5.97 Å². The highest BCUT2D eigenvalue weighted by molar-refractivity contribution is 7.89. The van der Waals surface area contributed by atoms with Crippen molar-refractivity contribution in [2.24, 2.45) is 0 Å². The molecule has 2 aromatic rings. The number of hydrogen-bond donors (Lipinski definition) is 1. The number of ether oxygens (including phenoxy) is 1. The van der Waals surface area contributed by atoms with Crippen molar-refractivity contribution in [2.75, 3.05) is 19.7 Å². The zero-order chi connectivity index (χ0) is 21.0. The van der Waals surface area contributed by atoms with E-state index in [9.17, 15) is 18.0 Å². The Bertz CT molecular complexity index is 978. The number of hydrogen-bond acceptors (Lipinski definition) is 7. The van der Waals surface area contributed by atoms with Crippen molar-refractivity contribution in [1.82, 2.24) is 14.6 Å². The Labute approximate surface area is 173 Å². The van der Waals surface area contributed by atoms with Gasteiger partial charge in [0.25, 0.3) is 5.91 Å². The third-order valence-electron chi connectivity index (χ3n) is 4.74. The van der Waals surface area contributed by atoms with Crippen LogP contribution in [0.25, 0.3) is 0 Å².